The van der Waals surface area contributed by atoms with Crippen molar-refractivity contribution >= 4 is 57.0 Å². The fourth-order valence-corrected chi connectivity index (χ4v) is 5.33. The van der Waals surface area contributed by atoms with Gasteiger partial charge in [0, 0.05) is 26.3 Å². The van der Waals surface area contributed by atoms with Gasteiger partial charge in [0.2, 0.25) is 0 Å². The van der Waals surface area contributed by atoms with Crippen molar-refractivity contribution in [3.05, 3.63) is 76.3 Å². The molecule has 1 aromatic heterocycles. The summed E-state index contributed by atoms with van der Waals surface area (Å²) < 4.78 is 12.0. The minimum absolute atomic E-state index is 0.0519. The Morgan fingerprint density at radius 3 is 2.65 bits per heavy atom. The zero-order valence-electron chi connectivity index (χ0n) is 18.8. The molecule has 0 aliphatic carbocycles. The van der Waals surface area contributed by atoms with E-state index in [1.807, 2.05) is 54.6 Å². The zero-order valence-corrected chi connectivity index (χ0v) is 24.5. The van der Waals surface area contributed by atoms with Gasteiger partial charge in [-0.05, 0) is 24.3 Å². The fraction of sp³-hybridized carbons (Fsp3) is 0.231. The summed E-state index contributed by atoms with van der Waals surface area (Å²) in [4.78, 5) is 14.4. The first-order valence-electron chi connectivity index (χ1n) is 10.9. The van der Waals surface area contributed by atoms with Gasteiger partial charge in [-0.1, -0.05) is 33.5 Å². The van der Waals surface area contributed by atoms with E-state index >= 15 is 0 Å². The number of rotatable bonds is 8. The summed E-state index contributed by atoms with van der Waals surface area (Å²) in [6, 6.07) is 19.4. The molecule has 8 heteroatoms. The molecule has 1 amide bonds. The number of hydrogen-bond acceptors (Lipinski definition) is 3. The van der Waals surface area contributed by atoms with Gasteiger partial charge in [0.05, 0.1) is 0 Å². The third-order valence-electron chi connectivity index (χ3n) is 5.76. The van der Waals surface area contributed by atoms with Crippen LogP contribution in [0.1, 0.15) is 15.9 Å². The molecule has 1 N–H and O–H groups in total. The molecule has 1 unspecified atom stereocenters. The van der Waals surface area contributed by atoms with Gasteiger partial charge in [-0.15, -0.1) is 0 Å². The van der Waals surface area contributed by atoms with Crippen LogP contribution < -0.4 is 5.46 Å². The van der Waals surface area contributed by atoms with Crippen LogP contribution in [0.15, 0.2) is 65.1 Å². The molecule has 4 rings (SSSR count). The summed E-state index contributed by atoms with van der Waals surface area (Å²) in [5, 5.41) is 12.8. The third kappa shape index (κ3) is 5.55. The summed E-state index contributed by atoms with van der Waals surface area (Å²) in [5.74, 6) is -0.0519. The van der Waals surface area contributed by atoms with Crippen LogP contribution in [0.4, 0.5) is 0 Å². The van der Waals surface area contributed by atoms with Crippen LogP contribution in [-0.4, -0.2) is 61.2 Å². The molecule has 4 aromatic rings. The maximum absolute atomic E-state index is 12.7. The van der Waals surface area contributed by atoms with Crippen molar-refractivity contribution in [1.29, 1.82) is 0 Å². The van der Waals surface area contributed by atoms with Gasteiger partial charge in [0.1, 0.15) is 7.85 Å². The van der Waals surface area contributed by atoms with Crippen molar-refractivity contribution in [3.8, 4) is 2.82 Å². The van der Waals surface area contributed by atoms with Gasteiger partial charge < -0.3 is 0 Å². The van der Waals surface area contributed by atoms with Crippen molar-refractivity contribution in [2.45, 2.75) is 12.6 Å². The minimum atomic E-state index is -0.697. The molecule has 5 nitrogen and oxygen atoms in total. The molecule has 0 spiro atoms. The Morgan fingerprint density at radius 2 is 1.88 bits per heavy atom. The van der Waals surface area contributed by atoms with E-state index in [-0.39, 0.29) is 12.5 Å². The second kappa shape index (κ2) is 11.3. The summed E-state index contributed by atoms with van der Waals surface area (Å²) >= 11 is 4.09. The molecule has 0 bridgehead atoms. The number of halogens is 1. The van der Waals surface area contributed by atoms with Crippen molar-refractivity contribution in [1.82, 2.24) is 9.47 Å². The molecule has 2 radical (unpaired) electrons. The van der Waals surface area contributed by atoms with Crippen LogP contribution in [0.3, 0.4) is 0 Å². The summed E-state index contributed by atoms with van der Waals surface area (Å²) in [5.41, 5.74) is 4.26. The Balaban J connectivity index is 1.38. The molecular formula is C26H23BBrN2O3U. The van der Waals surface area contributed by atoms with Crippen molar-refractivity contribution in [3.63, 3.8) is 0 Å². The molecule has 0 aliphatic rings. The summed E-state index contributed by atoms with van der Waals surface area (Å²) in [7, 11) is 7.78. The van der Waals surface area contributed by atoms with Gasteiger partial charge in [-0.3, -0.25) is 0 Å². The Kier molecular flexibility index (Phi) is 8.42. The number of aliphatic hydroxyl groups excluding tert-OH is 1. The van der Waals surface area contributed by atoms with Crippen molar-refractivity contribution in [2.24, 2.45) is 0 Å². The summed E-state index contributed by atoms with van der Waals surface area (Å²) in [6.07, 6.45) is -0.697. The number of likely N-dealkylation sites (N-methyl/N-ethyl adjacent to an activating group) is 1. The first-order chi connectivity index (χ1) is 16.4. The fourth-order valence-electron chi connectivity index (χ4n) is 4.06. The molecule has 0 saturated heterocycles. The number of ether oxygens (including phenoxy) is 1. The van der Waals surface area contributed by atoms with E-state index in [4.69, 9.17) is 12.6 Å². The monoisotopic (exact) mass is 739 g/mol. The maximum atomic E-state index is 12.7. The van der Waals surface area contributed by atoms with Crippen molar-refractivity contribution in [2.75, 3.05) is 26.8 Å². The number of nitrogens with zero attached hydrogens (tertiary/aromatic N) is 2. The van der Waals surface area contributed by atoms with E-state index in [2.05, 4.69) is 29.4 Å². The van der Waals surface area contributed by atoms with Crippen LogP contribution in [0.25, 0.3) is 21.8 Å². The zero-order chi connectivity index (χ0) is 24.2. The number of carbonyl (C=O) groups is 1. The molecule has 34 heavy (non-hydrogen) atoms. The van der Waals surface area contributed by atoms with E-state index in [9.17, 15) is 9.90 Å². The molecule has 0 saturated carbocycles. The SMILES string of the molecule is [B]c1ccc2c(c1)c1cc(Br)ccc1n2CC(O)COCCN(C)C(=O)c1ccccc1[C]#[U]. The van der Waals surface area contributed by atoms with Crippen LogP contribution in [0, 0.1) is 31.5 Å². The number of carbonyl (C=O) groups excluding carboxylic acids is 1. The van der Waals surface area contributed by atoms with E-state index in [1.54, 1.807) is 11.9 Å². The van der Waals surface area contributed by atoms with Gasteiger partial charge in [0.15, 0.2) is 0 Å². The molecule has 3 aromatic carbocycles. The predicted molar refractivity (Wildman–Crippen MR) is 136 cm³/mol. The standard InChI is InChI=1S/C26H23BBrN2O3.U/c1-17-5-3-4-6-21(17)26(32)29(2)11-12-33-16-20(31)15-30-24-9-7-18(27)13-22(24)23-14-19(28)8-10-25(23)30;/h3-10,13-14,20,31H,11-12,15-16H2,2H3;. The second-order valence-electron chi connectivity index (χ2n) is 8.17. The number of amides is 1. The topological polar surface area (TPSA) is 54.7 Å². The second-order valence-corrected chi connectivity index (χ2v) is 10.1. The molecule has 0 aliphatic heterocycles. The Labute approximate surface area is 226 Å². The van der Waals surface area contributed by atoms with Gasteiger partial charge in [0.25, 0.3) is 0 Å². The van der Waals surface area contributed by atoms with Crippen molar-refractivity contribution < 1.29 is 43.3 Å². The number of aromatic nitrogens is 1. The molecular weight excluding hydrogens is 717 g/mol. The number of aliphatic hydroxyl groups is 1. The average Bonchev–Trinajstić information content (AvgIpc) is 3.12. The van der Waals surface area contributed by atoms with Gasteiger partial charge in [-0.2, -0.15) is 0 Å². The van der Waals surface area contributed by atoms with Crippen LogP contribution in [-0.2, 0) is 11.3 Å². The Bertz CT molecular complexity index is 1340. The van der Waals surface area contributed by atoms with E-state index in [0.29, 0.717) is 59.4 Å². The van der Waals surface area contributed by atoms with Crippen LogP contribution in [0.2, 0.25) is 0 Å². The molecule has 1 heterocycles. The van der Waals surface area contributed by atoms with Gasteiger partial charge in [-0.25, -0.2) is 0 Å². The summed E-state index contributed by atoms with van der Waals surface area (Å²) in [6.45, 7) is 1.34. The molecule has 169 valence electrons. The Morgan fingerprint density at radius 1 is 1.18 bits per heavy atom. The van der Waals surface area contributed by atoms with E-state index in [1.165, 1.54) is 0 Å². The van der Waals surface area contributed by atoms with E-state index in [0.717, 1.165) is 31.8 Å². The van der Waals surface area contributed by atoms with E-state index < -0.39 is 6.10 Å². The Hall–Kier alpha value is -1.77. The number of fused-ring (bicyclic) bond motifs is 3. The number of benzene rings is 3. The predicted octanol–water partition coefficient (Wildman–Crippen LogP) is 3.36. The number of hydrogen-bond donors (Lipinski definition) is 1. The van der Waals surface area contributed by atoms with Crippen LogP contribution >= 0.6 is 15.9 Å². The first kappa shape index (κ1) is 25.3. The van der Waals surface area contributed by atoms with Gasteiger partial charge >= 0.3 is 136 Å². The first-order valence-corrected chi connectivity index (χ1v) is 13.8. The molecule has 1 atom stereocenters. The normalized spacial score (nSPS) is 12.1. The average molecular weight is 740 g/mol. The van der Waals surface area contributed by atoms with Crippen LogP contribution in [0.5, 0.6) is 0 Å². The quantitative estimate of drug-likeness (QED) is 0.223. The molecule has 0 fully saturated rings. The third-order valence-corrected chi connectivity index (χ3v) is 7.38.